The molecule has 98 valence electrons. The van der Waals surface area contributed by atoms with E-state index in [2.05, 4.69) is 5.32 Å². The Kier molecular flexibility index (Phi) is 5.32. The second-order valence-corrected chi connectivity index (χ2v) is 4.12. The van der Waals surface area contributed by atoms with E-state index < -0.39 is 6.04 Å². The minimum atomic E-state index is -0.542. The molecule has 18 heavy (non-hydrogen) atoms. The molecule has 0 aromatic heterocycles. The molecule has 0 bridgehead atoms. The Labute approximate surface area is 107 Å². The van der Waals surface area contributed by atoms with Crippen LogP contribution in [0.4, 0.5) is 5.69 Å². The highest BCUT2D eigenvalue weighted by molar-refractivity contribution is 5.95. The number of amides is 2. The van der Waals surface area contributed by atoms with Gasteiger partial charge in [-0.3, -0.25) is 9.59 Å². The second kappa shape index (κ2) is 6.76. The topological polar surface area (TPSA) is 75.4 Å². The molecular formula is C13H19N3O2. The minimum absolute atomic E-state index is 0.00142. The molecule has 5 nitrogen and oxygen atoms in total. The zero-order valence-corrected chi connectivity index (χ0v) is 10.7. The number of hydrogen-bond acceptors (Lipinski definition) is 3. The second-order valence-electron chi connectivity index (χ2n) is 4.12. The number of nitrogens with two attached hydrogens (primary N) is 1. The number of para-hydroxylation sites is 1. The summed E-state index contributed by atoms with van der Waals surface area (Å²) in [4.78, 5) is 24.7. The minimum Gasteiger partial charge on any atom is -0.335 e. The average Bonchev–Trinajstić information content (AvgIpc) is 2.37. The lowest BCUT2D eigenvalue weighted by atomic mass is 10.2. The molecular weight excluding hydrogens is 230 g/mol. The maximum Gasteiger partial charge on any atom is 0.243 e. The number of likely N-dealkylation sites (N-methyl/N-ethyl adjacent to an activating group) is 1. The Balaban J connectivity index is 2.48. The SMILES string of the molecule is CC[C@H](N)C(=O)N(C)CC(=O)Nc1ccccc1. The third kappa shape index (κ3) is 4.18. The summed E-state index contributed by atoms with van der Waals surface area (Å²) in [5, 5.41) is 2.71. The molecule has 0 spiro atoms. The number of hydrogen-bond donors (Lipinski definition) is 2. The van der Waals surface area contributed by atoms with Crippen molar-refractivity contribution in [2.75, 3.05) is 18.9 Å². The summed E-state index contributed by atoms with van der Waals surface area (Å²) >= 11 is 0. The van der Waals surface area contributed by atoms with Gasteiger partial charge in [0.05, 0.1) is 12.6 Å². The van der Waals surface area contributed by atoms with Crippen LogP contribution in [-0.2, 0) is 9.59 Å². The van der Waals surface area contributed by atoms with Crippen LogP contribution < -0.4 is 11.1 Å². The largest absolute Gasteiger partial charge is 0.335 e. The Morgan fingerprint density at radius 1 is 1.33 bits per heavy atom. The lowest BCUT2D eigenvalue weighted by molar-refractivity contribution is -0.134. The summed E-state index contributed by atoms with van der Waals surface area (Å²) in [6.45, 7) is 1.84. The first-order valence-electron chi connectivity index (χ1n) is 5.90. The molecule has 1 atom stereocenters. The number of nitrogens with zero attached hydrogens (tertiary/aromatic N) is 1. The average molecular weight is 249 g/mol. The van der Waals surface area contributed by atoms with Crippen molar-refractivity contribution in [2.24, 2.45) is 5.73 Å². The van der Waals surface area contributed by atoms with Crippen molar-refractivity contribution < 1.29 is 9.59 Å². The van der Waals surface area contributed by atoms with Gasteiger partial charge in [-0.05, 0) is 18.6 Å². The Morgan fingerprint density at radius 3 is 2.50 bits per heavy atom. The molecule has 0 saturated carbocycles. The number of benzene rings is 1. The predicted molar refractivity (Wildman–Crippen MR) is 71.0 cm³/mol. The van der Waals surface area contributed by atoms with Crippen LogP contribution >= 0.6 is 0 Å². The first-order valence-corrected chi connectivity index (χ1v) is 5.90. The van der Waals surface area contributed by atoms with Crippen molar-refractivity contribution in [3.63, 3.8) is 0 Å². The van der Waals surface area contributed by atoms with Gasteiger partial charge >= 0.3 is 0 Å². The Hall–Kier alpha value is -1.88. The molecule has 1 aromatic carbocycles. The van der Waals surface area contributed by atoms with E-state index in [1.165, 1.54) is 4.90 Å². The van der Waals surface area contributed by atoms with Crippen molar-refractivity contribution in [1.29, 1.82) is 0 Å². The van der Waals surface area contributed by atoms with Gasteiger partial charge in [-0.15, -0.1) is 0 Å². The van der Waals surface area contributed by atoms with E-state index in [0.29, 0.717) is 12.1 Å². The molecule has 1 aromatic rings. The first-order chi connectivity index (χ1) is 8.54. The first kappa shape index (κ1) is 14.2. The van der Waals surface area contributed by atoms with Crippen LogP contribution in [0, 0.1) is 0 Å². The third-order valence-corrected chi connectivity index (χ3v) is 2.57. The molecule has 0 aliphatic rings. The maximum absolute atomic E-state index is 11.7. The van der Waals surface area contributed by atoms with E-state index in [-0.39, 0.29) is 18.4 Å². The molecule has 0 saturated heterocycles. The van der Waals surface area contributed by atoms with E-state index in [4.69, 9.17) is 5.73 Å². The number of carbonyl (C=O) groups excluding carboxylic acids is 2. The van der Waals surface area contributed by atoms with Gasteiger partial charge in [0.1, 0.15) is 0 Å². The zero-order valence-electron chi connectivity index (χ0n) is 10.7. The maximum atomic E-state index is 11.7. The molecule has 1 rings (SSSR count). The van der Waals surface area contributed by atoms with Gasteiger partial charge in [0.15, 0.2) is 0 Å². The normalized spacial score (nSPS) is 11.7. The van der Waals surface area contributed by atoms with Crippen LogP contribution in [0.3, 0.4) is 0 Å². The van der Waals surface area contributed by atoms with Gasteiger partial charge in [0.2, 0.25) is 11.8 Å². The number of carbonyl (C=O) groups is 2. The Bertz CT molecular complexity index is 406. The molecule has 0 radical (unpaired) electrons. The molecule has 5 heteroatoms. The van der Waals surface area contributed by atoms with Gasteiger partial charge in [0.25, 0.3) is 0 Å². The van der Waals surface area contributed by atoms with Gasteiger partial charge in [-0.1, -0.05) is 25.1 Å². The van der Waals surface area contributed by atoms with Crippen molar-refractivity contribution in [2.45, 2.75) is 19.4 Å². The summed E-state index contributed by atoms with van der Waals surface area (Å²) in [7, 11) is 1.57. The monoisotopic (exact) mass is 249 g/mol. The van der Waals surface area contributed by atoms with E-state index in [1.807, 2.05) is 25.1 Å². The van der Waals surface area contributed by atoms with Gasteiger partial charge in [0, 0.05) is 12.7 Å². The molecule has 0 fully saturated rings. The quantitative estimate of drug-likeness (QED) is 0.811. The van der Waals surface area contributed by atoms with Crippen LogP contribution in [-0.4, -0.2) is 36.3 Å². The van der Waals surface area contributed by atoms with Crippen LogP contribution in [0.1, 0.15) is 13.3 Å². The number of rotatable bonds is 5. The van der Waals surface area contributed by atoms with Gasteiger partial charge in [-0.25, -0.2) is 0 Å². The third-order valence-electron chi connectivity index (χ3n) is 2.57. The van der Waals surface area contributed by atoms with Gasteiger partial charge < -0.3 is 16.0 Å². The molecule has 0 aliphatic heterocycles. The van der Waals surface area contributed by atoms with Crippen LogP contribution in [0.2, 0.25) is 0 Å². The highest BCUT2D eigenvalue weighted by Gasteiger charge is 2.18. The summed E-state index contributed by atoms with van der Waals surface area (Å²) in [6.07, 6.45) is 0.559. The van der Waals surface area contributed by atoms with E-state index in [0.717, 1.165) is 0 Å². The fourth-order valence-electron chi connectivity index (χ4n) is 1.47. The highest BCUT2D eigenvalue weighted by atomic mass is 16.2. The van der Waals surface area contributed by atoms with E-state index in [9.17, 15) is 9.59 Å². The fraction of sp³-hybridized carbons (Fsp3) is 0.385. The zero-order chi connectivity index (χ0) is 13.5. The Morgan fingerprint density at radius 2 is 1.94 bits per heavy atom. The highest BCUT2D eigenvalue weighted by Crippen LogP contribution is 2.05. The van der Waals surface area contributed by atoms with Crippen LogP contribution in [0.15, 0.2) is 30.3 Å². The molecule has 3 N–H and O–H groups in total. The van der Waals surface area contributed by atoms with Crippen molar-refractivity contribution >= 4 is 17.5 Å². The summed E-state index contributed by atoms with van der Waals surface area (Å²) < 4.78 is 0. The molecule has 0 aliphatic carbocycles. The smallest absolute Gasteiger partial charge is 0.243 e. The molecule has 0 heterocycles. The fourth-order valence-corrected chi connectivity index (χ4v) is 1.47. The number of anilines is 1. The summed E-state index contributed by atoms with van der Waals surface area (Å²) in [6, 6.07) is 8.56. The van der Waals surface area contributed by atoms with Crippen molar-refractivity contribution in [3.8, 4) is 0 Å². The van der Waals surface area contributed by atoms with Crippen molar-refractivity contribution in [1.82, 2.24) is 4.90 Å². The summed E-state index contributed by atoms with van der Waals surface area (Å²) in [5.41, 5.74) is 6.33. The molecule has 0 unspecified atom stereocenters. The van der Waals surface area contributed by atoms with Crippen molar-refractivity contribution in [3.05, 3.63) is 30.3 Å². The van der Waals surface area contributed by atoms with Crippen LogP contribution in [0.25, 0.3) is 0 Å². The lowest BCUT2D eigenvalue weighted by Gasteiger charge is -2.20. The standard InChI is InChI=1S/C13H19N3O2/c1-3-11(14)13(18)16(2)9-12(17)15-10-7-5-4-6-8-10/h4-8,11H,3,9,14H2,1-2H3,(H,15,17)/t11-/m0/s1. The van der Waals surface area contributed by atoms with E-state index >= 15 is 0 Å². The van der Waals surface area contributed by atoms with E-state index in [1.54, 1.807) is 19.2 Å². The van der Waals surface area contributed by atoms with Gasteiger partial charge in [-0.2, -0.15) is 0 Å². The summed E-state index contributed by atoms with van der Waals surface area (Å²) in [5.74, 6) is -0.457. The number of nitrogens with one attached hydrogen (secondary N) is 1. The lowest BCUT2D eigenvalue weighted by Crippen LogP contribution is -2.44. The molecule has 2 amide bonds. The van der Waals surface area contributed by atoms with Crippen LogP contribution in [0.5, 0.6) is 0 Å². The predicted octanol–water partition coefficient (Wildman–Crippen LogP) is 0.821.